The van der Waals surface area contributed by atoms with Crippen LogP contribution in [0.25, 0.3) is 0 Å². The highest BCUT2D eigenvalue weighted by molar-refractivity contribution is 5.80. The number of rotatable bonds is 4. The molecule has 4 heteroatoms. The minimum Gasteiger partial charge on any atom is -0.490 e. The van der Waals surface area contributed by atoms with E-state index in [9.17, 15) is 4.79 Å². The largest absolute Gasteiger partial charge is 0.490 e. The Kier molecular flexibility index (Phi) is 3.58. The predicted octanol–water partition coefficient (Wildman–Crippen LogP) is 1.92. The van der Waals surface area contributed by atoms with Crippen LogP contribution in [-0.4, -0.2) is 25.7 Å². The highest BCUT2D eigenvalue weighted by Gasteiger charge is 2.28. The van der Waals surface area contributed by atoms with Gasteiger partial charge in [-0.1, -0.05) is 6.07 Å². The average Bonchev–Trinajstić information content (AvgIpc) is 3.25. The van der Waals surface area contributed by atoms with Crippen molar-refractivity contribution in [1.29, 1.82) is 0 Å². The number of carbonyl (C=O) groups excluding carboxylic acids is 1. The number of carbonyl (C=O) groups is 1. The van der Waals surface area contributed by atoms with Crippen LogP contribution in [0, 0.1) is 5.92 Å². The minimum absolute atomic E-state index is 0.203. The number of amides is 1. The van der Waals surface area contributed by atoms with E-state index >= 15 is 0 Å². The van der Waals surface area contributed by atoms with Crippen LogP contribution in [0.1, 0.15) is 24.8 Å². The van der Waals surface area contributed by atoms with Gasteiger partial charge in [-0.15, -0.1) is 0 Å². The van der Waals surface area contributed by atoms with Gasteiger partial charge in [-0.3, -0.25) is 4.79 Å². The predicted molar refractivity (Wildman–Crippen MR) is 71.5 cm³/mol. The molecule has 2 aliphatic rings. The number of ether oxygens (including phenoxy) is 2. The Bertz CT molecular complexity index is 468. The molecule has 1 heterocycles. The maximum atomic E-state index is 11.5. The van der Waals surface area contributed by atoms with Gasteiger partial charge >= 0.3 is 0 Å². The first-order valence-electron chi connectivity index (χ1n) is 6.99. The molecule has 0 saturated heterocycles. The van der Waals surface area contributed by atoms with Gasteiger partial charge in [0.2, 0.25) is 5.91 Å². The molecular formula is C15H19NO3. The van der Waals surface area contributed by atoms with Crippen molar-refractivity contribution in [3.8, 4) is 11.5 Å². The zero-order valence-corrected chi connectivity index (χ0v) is 11.0. The van der Waals surface area contributed by atoms with Crippen molar-refractivity contribution in [2.75, 3.05) is 19.8 Å². The lowest BCUT2D eigenvalue weighted by Crippen LogP contribution is -2.26. The molecule has 0 aromatic heterocycles. The van der Waals surface area contributed by atoms with Crippen LogP contribution in [-0.2, 0) is 11.2 Å². The van der Waals surface area contributed by atoms with Crippen LogP contribution in [0.4, 0.5) is 0 Å². The molecule has 1 aliphatic carbocycles. The number of nitrogens with one attached hydrogen (secondary N) is 1. The first-order chi connectivity index (χ1) is 9.33. The Morgan fingerprint density at radius 1 is 1.21 bits per heavy atom. The zero-order chi connectivity index (χ0) is 13.1. The van der Waals surface area contributed by atoms with Crippen molar-refractivity contribution in [2.45, 2.75) is 25.7 Å². The van der Waals surface area contributed by atoms with Crippen molar-refractivity contribution >= 4 is 5.91 Å². The Morgan fingerprint density at radius 2 is 2.00 bits per heavy atom. The summed E-state index contributed by atoms with van der Waals surface area (Å²) in [5, 5.41) is 2.97. The van der Waals surface area contributed by atoms with Gasteiger partial charge in [-0.25, -0.2) is 0 Å². The smallest absolute Gasteiger partial charge is 0.223 e. The van der Waals surface area contributed by atoms with E-state index in [-0.39, 0.29) is 11.8 Å². The third kappa shape index (κ3) is 3.19. The van der Waals surface area contributed by atoms with Gasteiger partial charge in [-0.05, 0) is 37.0 Å². The fourth-order valence-corrected chi connectivity index (χ4v) is 2.18. The maximum absolute atomic E-state index is 11.5. The lowest BCUT2D eigenvalue weighted by atomic mass is 10.1. The third-order valence-corrected chi connectivity index (χ3v) is 3.47. The van der Waals surface area contributed by atoms with Crippen molar-refractivity contribution < 1.29 is 14.3 Å². The standard InChI is InChI=1S/C15H19NO3/c17-15(12-3-4-12)16-7-6-11-2-5-13-14(10-11)19-9-1-8-18-13/h2,5,10,12H,1,3-4,6-9H2,(H,16,17). The molecule has 0 atom stereocenters. The van der Waals surface area contributed by atoms with Crippen molar-refractivity contribution in [3.63, 3.8) is 0 Å². The molecule has 0 radical (unpaired) electrons. The first kappa shape index (κ1) is 12.3. The summed E-state index contributed by atoms with van der Waals surface area (Å²) in [5.74, 6) is 2.13. The number of hydrogen-bond donors (Lipinski definition) is 1. The molecule has 1 aliphatic heterocycles. The molecule has 1 fully saturated rings. The average molecular weight is 261 g/mol. The summed E-state index contributed by atoms with van der Waals surface area (Å²) in [4.78, 5) is 11.5. The Morgan fingerprint density at radius 3 is 2.79 bits per heavy atom. The molecule has 0 spiro atoms. The molecule has 1 saturated carbocycles. The van der Waals surface area contributed by atoms with Crippen molar-refractivity contribution in [3.05, 3.63) is 23.8 Å². The molecule has 0 bridgehead atoms. The molecule has 3 rings (SSSR count). The summed E-state index contributed by atoms with van der Waals surface area (Å²) in [6.07, 6.45) is 3.85. The first-order valence-corrected chi connectivity index (χ1v) is 6.99. The molecule has 4 nitrogen and oxygen atoms in total. The number of fused-ring (bicyclic) bond motifs is 1. The van der Waals surface area contributed by atoms with Gasteiger partial charge in [0.15, 0.2) is 11.5 Å². The molecule has 1 amide bonds. The molecule has 1 aromatic rings. The summed E-state index contributed by atoms with van der Waals surface area (Å²) in [5.41, 5.74) is 1.17. The Balaban J connectivity index is 1.55. The van der Waals surface area contributed by atoms with Crippen LogP contribution in [0.5, 0.6) is 11.5 Å². The molecule has 1 N–H and O–H groups in total. The van der Waals surface area contributed by atoms with E-state index in [1.807, 2.05) is 18.2 Å². The van der Waals surface area contributed by atoms with Gasteiger partial charge in [0, 0.05) is 18.9 Å². The van der Waals surface area contributed by atoms with E-state index in [0.717, 1.165) is 37.2 Å². The number of benzene rings is 1. The Labute approximate surface area is 113 Å². The number of hydrogen-bond acceptors (Lipinski definition) is 3. The fourth-order valence-electron chi connectivity index (χ4n) is 2.18. The summed E-state index contributed by atoms with van der Waals surface area (Å²) < 4.78 is 11.2. The van der Waals surface area contributed by atoms with Crippen LogP contribution in [0.3, 0.4) is 0 Å². The van der Waals surface area contributed by atoms with E-state index in [2.05, 4.69) is 5.32 Å². The van der Waals surface area contributed by atoms with Gasteiger partial charge in [0.25, 0.3) is 0 Å². The molecular weight excluding hydrogens is 242 g/mol. The molecule has 102 valence electrons. The van der Waals surface area contributed by atoms with Gasteiger partial charge in [0.1, 0.15) is 0 Å². The van der Waals surface area contributed by atoms with Gasteiger partial charge in [-0.2, -0.15) is 0 Å². The lowest BCUT2D eigenvalue weighted by molar-refractivity contribution is -0.122. The molecule has 19 heavy (non-hydrogen) atoms. The SMILES string of the molecule is O=C(NCCc1ccc2c(c1)OCCCO2)C1CC1. The third-order valence-electron chi connectivity index (χ3n) is 3.47. The lowest BCUT2D eigenvalue weighted by Gasteiger charge is -2.09. The monoisotopic (exact) mass is 261 g/mol. The fraction of sp³-hybridized carbons (Fsp3) is 0.533. The van der Waals surface area contributed by atoms with E-state index in [1.165, 1.54) is 5.56 Å². The van der Waals surface area contributed by atoms with E-state index in [1.54, 1.807) is 0 Å². The summed E-state index contributed by atoms with van der Waals surface area (Å²) in [6.45, 7) is 2.10. The zero-order valence-electron chi connectivity index (χ0n) is 11.0. The highest BCUT2D eigenvalue weighted by atomic mass is 16.5. The van der Waals surface area contributed by atoms with Crippen molar-refractivity contribution in [2.24, 2.45) is 5.92 Å². The van der Waals surface area contributed by atoms with Crippen LogP contribution >= 0.6 is 0 Å². The van der Waals surface area contributed by atoms with Crippen molar-refractivity contribution in [1.82, 2.24) is 5.32 Å². The quantitative estimate of drug-likeness (QED) is 0.900. The van der Waals surface area contributed by atoms with Crippen LogP contribution in [0.2, 0.25) is 0 Å². The van der Waals surface area contributed by atoms with Gasteiger partial charge < -0.3 is 14.8 Å². The van der Waals surface area contributed by atoms with Crippen LogP contribution < -0.4 is 14.8 Å². The minimum atomic E-state index is 0.203. The molecule has 1 aromatic carbocycles. The van der Waals surface area contributed by atoms with E-state index in [0.29, 0.717) is 19.8 Å². The van der Waals surface area contributed by atoms with E-state index < -0.39 is 0 Å². The summed E-state index contributed by atoms with van der Waals surface area (Å²) >= 11 is 0. The van der Waals surface area contributed by atoms with E-state index in [4.69, 9.17) is 9.47 Å². The highest BCUT2D eigenvalue weighted by Crippen LogP contribution is 2.31. The second-order valence-electron chi connectivity index (χ2n) is 5.15. The Hall–Kier alpha value is -1.71. The van der Waals surface area contributed by atoms with Crippen LogP contribution in [0.15, 0.2) is 18.2 Å². The molecule has 0 unspecified atom stereocenters. The van der Waals surface area contributed by atoms with Gasteiger partial charge in [0.05, 0.1) is 13.2 Å². The second kappa shape index (κ2) is 5.51. The second-order valence-corrected chi connectivity index (χ2v) is 5.15. The normalized spacial score (nSPS) is 17.7. The maximum Gasteiger partial charge on any atom is 0.223 e. The topological polar surface area (TPSA) is 47.6 Å². The summed E-state index contributed by atoms with van der Waals surface area (Å²) in [6, 6.07) is 6.01. The summed E-state index contributed by atoms with van der Waals surface area (Å²) in [7, 11) is 0.